The number of rotatable bonds is 4. The van der Waals surface area contributed by atoms with Crippen molar-refractivity contribution in [1.29, 1.82) is 0 Å². The van der Waals surface area contributed by atoms with E-state index in [9.17, 15) is 0 Å². The maximum atomic E-state index is 6.23. The summed E-state index contributed by atoms with van der Waals surface area (Å²) < 4.78 is 5.61. The number of anilines is 3. The summed E-state index contributed by atoms with van der Waals surface area (Å²) in [5.74, 6) is 1.20. The molecule has 1 unspecified atom stereocenters. The Balaban J connectivity index is 2.01. The fourth-order valence-corrected chi connectivity index (χ4v) is 2.76. The van der Waals surface area contributed by atoms with Crippen LogP contribution < -0.4 is 15.4 Å². The van der Waals surface area contributed by atoms with E-state index in [1.165, 1.54) is 11.9 Å². The van der Waals surface area contributed by atoms with Crippen molar-refractivity contribution in [2.75, 3.05) is 17.2 Å². The third-order valence-corrected chi connectivity index (χ3v) is 3.70. The number of hydrogen-bond acceptors (Lipinski definition) is 5. The summed E-state index contributed by atoms with van der Waals surface area (Å²) in [6.07, 6.45) is 3.43. The minimum atomic E-state index is 0.318. The van der Waals surface area contributed by atoms with Crippen LogP contribution in [0.1, 0.15) is 25.8 Å². The molecular weight excluding hydrogens is 264 g/mol. The second kappa shape index (κ2) is 5.60. The molecule has 1 atom stereocenters. The molecule has 5 heteroatoms. The molecule has 0 aliphatic carbocycles. The molecule has 5 nitrogen and oxygen atoms in total. The van der Waals surface area contributed by atoms with Crippen LogP contribution >= 0.6 is 0 Å². The zero-order chi connectivity index (χ0) is 14.8. The molecule has 0 spiro atoms. The molecule has 2 aromatic rings. The molecule has 1 aromatic heterocycles. The highest BCUT2D eigenvalue weighted by molar-refractivity contribution is 5.78. The molecule has 3 rings (SSSR count). The summed E-state index contributed by atoms with van der Waals surface area (Å²) in [6.45, 7) is 4.83. The van der Waals surface area contributed by atoms with E-state index in [-0.39, 0.29) is 0 Å². The number of benzene rings is 1. The lowest BCUT2D eigenvalue weighted by atomic mass is 10.1. The van der Waals surface area contributed by atoms with Crippen molar-refractivity contribution in [1.82, 2.24) is 9.97 Å². The Hall–Kier alpha value is -2.30. The van der Waals surface area contributed by atoms with Gasteiger partial charge in [0.25, 0.3) is 0 Å². The largest absolute Gasteiger partial charge is 0.476 e. The third-order valence-electron chi connectivity index (χ3n) is 3.70. The van der Waals surface area contributed by atoms with Gasteiger partial charge in [0.1, 0.15) is 12.0 Å². The first kappa shape index (κ1) is 13.7. The lowest BCUT2D eigenvalue weighted by Crippen LogP contribution is -2.26. The molecule has 1 aliphatic rings. The van der Waals surface area contributed by atoms with Crippen molar-refractivity contribution in [3.8, 4) is 5.88 Å². The van der Waals surface area contributed by atoms with Crippen LogP contribution in [0.3, 0.4) is 0 Å². The maximum absolute atomic E-state index is 6.23. The first-order valence-corrected chi connectivity index (χ1v) is 7.32. The van der Waals surface area contributed by atoms with Crippen molar-refractivity contribution in [3.63, 3.8) is 0 Å². The second-order valence-corrected chi connectivity index (χ2v) is 5.32. The van der Waals surface area contributed by atoms with Gasteiger partial charge in [0, 0.05) is 11.7 Å². The number of hydrogen-bond donors (Lipinski definition) is 1. The highest BCUT2D eigenvalue weighted by atomic mass is 16.5. The molecule has 2 N–H and O–H groups in total. The molecule has 110 valence electrons. The highest BCUT2D eigenvalue weighted by Gasteiger charge is 2.30. The quantitative estimate of drug-likeness (QED) is 0.935. The minimum absolute atomic E-state index is 0.318. The molecule has 0 saturated carbocycles. The molecule has 0 bridgehead atoms. The predicted octanol–water partition coefficient (Wildman–Crippen LogP) is 2.93. The Morgan fingerprint density at radius 1 is 1.33 bits per heavy atom. The van der Waals surface area contributed by atoms with E-state index in [0.29, 0.717) is 24.2 Å². The van der Waals surface area contributed by atoms with Crippen molar-refractivity contribution in [3.05, 3.63) is 36.2 Å². The topological polar surface area (TPSA) is 64.3 Å². The third kappa shape index (κ3) is 2.39. The van der Waals surface area contributed by atoms with E-state index in [2.05, 4.69) is 46.9 Å². The Kier molecular flexibility index (Phi) is 3.64. The van der Waals surface area contributed by atoms with Gasteiger partial charge < -0.3 is 15.4 Å². The van der Waals surface area contributed by atoms with Crippen LogP contribution in [0.4, 0.5) is 17.2 Å². The Morgan fingerprint density at radius 3 is 2.95 bits per heavy atom. The first-order chi connectivity index (χ1) is 10.2. The number of nitrogen functional groups attached to an aromatic ring is 1. The molecule has 1 aliphatic heterocycles. The van der Waals surface area contributed by atoms with Crippen molar-refractivity contribution in [2.24, 2.45) is 0 Å². The predicted molar refractivity (Wildman–Crippen MR) is 84.0 cm³/mol. The van der Waals surface area contributed by atoms with Crippen LogP contribution in [0.2, 0.25) is 0 Å². The monoisotopic (exact) mass is 284 g/mol. The van der Waals surface area contributed by atoms with Crippen LogP contribution in [0.5, 0.6) is 5.88 Å². The van der Waals surface area contributed by atoms with Crippen molar-refractivity contribution in [2.45, 2.75) is 32.7 Å². The zero-order valence-corrected chi connectivity index (χ0v) is 12.4. The smallest absolute Gasteiger partial charge is 0.242 e. The van der Waals surface area contributed by atoms with Gasteiger partial charge in [0.15, 0.2) is 5.82 Å². The van der Waals surface area contributed by atoms with Gasteiger partial charge in [-0.2, -0.15) is 4.98 Å². The van der Waals surface area contributed by atoms with Crippen molar-refractivity contribution < 1.29 is 4.74 Å². The highest BCUT2D eigenvalue weighted by Crippen LogP contribution is 2.41. The second-order valence-electron chi connectivity index (χ2n) is 5.32. The number of para-hydroxylation sites is 1. The average Bonchev–Trinajstić information content (AvgIpc) is 2.82. The Morgan fingerprint density at radius 2 is 2.14 bits per heavy atom. The number of nitrogens with two attached hydrogens (primary N) is 1. The number of ether oxygens (including phenoxy) is 1. The average molecular weight is 284 g/mol. The summed E-state index contributed by atoms with van der Waals surface area (Å²) in [4.78, 5) is 10.7. The molecule has 0 fully saturated rings. The van der Waals surface area contributed by atoms with Crippen LogP contribution in [0, 0.1) is 0 Å². The van der Waals surface area contributed by atoms with Gasteiger partial charge >= 0.3 is 0 Å². The van der Waals surface area contributed by atoms with Gasteiger partial charge in [-0.05, 0) is 31.4 Å². The number of nitrogens with zero attached hydrogens (tertiary/aromatic N) is 3. The molecule has 0 saturated heterocycles. The van der Waals surface area contributed by atoms with Gasteiger partial charge in [-0.25, -0.2) is 4.98 Å². The van der Waals surface area contributed by atoms with Gasteiger partial charge in [0.2, 0.25) is 5.88 Å². The number of fused-ring (bicyclic) bond motifs is 1. The van der Waals surface area contributed by atoms with Gasteiger partial charge in [-0.15, -0.1) is 0 Å². The molecule has 2 heterocycles. The molecule has 0 amide bonds. The maximum Gasteiger partial charge on any atom is 0.242 e. The first-order valence-electron chi connectivity index (χ1n) is 7.32. The molecule has 1 aromatic carbocycles. The van der Waals surface area contributed by atoms with Gasteiger partial charge in [0.05, 0.1) is 6.61 Å². The summed E-state index contributed by atoms with van der Waals surface area (Å²) >= 11 is 0. The van der Waals surface area contributed by atoms with Crippen LogP contribution in [0.15, 0.2) is 30.6 Å². The minimum Gasteiger partial charge on any atom is -0.476 e. The van der Waals surface area contributed by atoms with E-state index in [4.69, 9.17) is 10.5 Å². The fraction of sp³-hybridized carbons (Fsp3) is 0.375. The fourth-order valence-electron chi connectivity index (χ4n) is 2.76. The summed E-state index contributed by atoms with van der Waals surface area (Å²) in [6, 6.07) is 8.67. The van der Waals surface area contributed by atoms with E-state index >= 15 is 0 Å². The zero-order valence-electron chi connectivity index (χ0n) is 12.4. The van der Waals surface area contributed by atoms with Crippen molar-refractivity contribution >= 4 is 17.2 Å². The lowest BCUT2D eigenvalue weighted by Gasteiger charge is -2.25. The van der Waals surface area contributed by atoms with Crippen LogP contribution in [0.25, 0.3) is 0 Å². The van der Waals surface area contributed by atoms with Gasteiger partial charge in [-0.1, -0.05) is 25.1 Å². The molecule has 0 radical (unpaired) electrons. The molecular formula is C16H20N4O. The van der Waals surface area contributed by atoms with E-state index < -0.39 is 0 Å². The standard InChI is InChI=1S/C16H20N4O/c1-3-8-21-16-14(17)15(18-10-19-16)20-11(2)9-12-6-4-5-7-13(12)20/h4-7,10-11H,3,8-9,17H2,1-2H3. The Labute approximate surface area is 124 Å². The van der Waals surface area contributed by atoms with Gasteiger partial charge in [-0.3, -0.25) is 0 Å². The molecule has 21 heavy (non-hydrogen) atoms. The summed E-state index contributed by atoms with van der Waals surface area (Å²) in [7, 11) is 0. The van der Waals surface area contributed by atoms with E-state index in [1.54, 1.807) is 0 Å². The summed E-state index contributed by atoms with van der Waals surface area (Å²) in [5.41, 5.74) is 9.22. The van der Waals surface area contributed by atoms with Crippen LogP contribution in [-0.2, 0) is 6.42 Å². The summed E-state index contributed by atoms with van der Waals surface area (Å²) in [5, 5.41) is 0. The van der Waals surface area contributed by atoms with E-state index in [1.807, 2.05) is 6.07 Å². The normalized spacial score (nSPS) is 16.9. The Bertz CT molecular complexity index is 644. The lowest BCUT2D eigenvalue weighted by molar-refractivity contribution is 0.306. The number of aromatic nitrogens is 2. The van der Waals surface area contributed by atoms with Crippen LogP contribution in [-0.4, -0.2) is 22.6 Å². The SMILES string of the molecule is CCCOc1ncnc(N2c3ccccc3CC2C)c1N. The van der Waals surface area contributed by atoms with E-state index in [0.717, 1.165) is 24.3 Å².